The average molecular weight is 235 g/mol. The van der Waals surface area contributed by atoms with Gasteiger partial charge in [0, 0.05) is 30.7 Å². The summed E-state index contributed by atoms with van der Waals surface area (Å²) in [7, 11) is 0. The Balaban J connectivity index is 2.11. The van der Waals surface area contributed by atoms with E-state index < -0.39 is 16.4 Å². The van der Waals surface area contributed by atoms with Crippen LogP contribution in [0.3, 0.4) is 0 Å². The van der Waals surface area contributed by atoms with Gasteiger partial charge in [0.05, 0.1) is 4.92 Å². The fraction of sp³-hybridized carbons (Fsp3) is 0.0909. The number of nitro groups is 1. The molecule has 0 aliphatic rings. The SMILES string of the molecule is O=[N+]([O-])c1cc(NCc2cc[nH]c2)ccc1F. The average Bonchev–Trinajstić information content (AvgIpc) is 2.80. The van der Waals surface area contributed by atoms with E-state index >= 15 is 0 Å². The molecule has 0 aliphatic heterocycles. The van der Waals surface area contributed by atoms with Crippen molar-refractivity contribution in [3.63, 3.8) is 0 Å². The first-order valence-electron chi connectivity index (χ1n) is 4.96. The van der Waals surface area contributed by atoms with Crippen LogP contribution in [-0.2, 0) is 6.54 Å². The van der Waals surface area contributed by atoms with E-state index in [4.69, 9.17) is 0 Å². The smallest absolute Gasteiger partial charge is 0.306 e. The predicted octanol–water partition coefficient (Wildman–Crippen LogP) is 2.67. The zero-order valence-electron chi connectivity index (χ0n) is 8.81. The number of aromatic nitrogens is 1. The number of hydrogen-bond acceptors (Lipinski definition) is 3. The van der Waals surface area contributed by atoms with Crippen molar-refractivity contribution < 1.29 is 9.31 Å². The van der Waals surface area contributed by atoms with Crippen molar-refractivity contribution in [1.82, 2.24) is 4.98 Å². The maximum absolute atomic E-state index is 13.1. The van der Waals surface area contributed by atoms with Crippen LogP contribution in [0.4, 0.5) is 15.8 Å². The van der Waals surface area contributed by atoms with E-state index in [2.05, 4.69) is 10.3 Å². The molecule has 1 aromatic heterocycles. The molecule has 0 saturated heterocycles. The van der Waals surface area contributed by atoms with Gasteiger partial charge in [-0.3, -0.25) is 10.1 Å². The maximum atomic E-state index is 13.1. The topological polar surface area (TPSA) is 71.0 Å². The van der Waals surface area contributed by atoms with Gasteiger partial charge in [-0.2, -0.15) is 4.39 Å². The summed E-state index contributed by atoms with van der Waals surface area (Å²) >= 11 is 0. The first-order valence-corrected chi connectivity index (χ1v) is 4.96. The molecule has 0 bridgehead atoms. The largest absolute Gasteiger partial charge is 0.381 e. The molecular weight excluding hydrogens is 225 g/mol. The summed E-state index contributed by atoms with van der Waals surface area (Å²) in [5.74, 6) is -0.831. The van der Waals surface area contributed by atoms with Crippen LogP contribution in [0.25, 0.3) is 0 Å². The Labute approximate surface area is 96.4 Å². The van der Waals surface area contributed by atoms with Gasteiger partial charge < -0.3 is 10.3 Å². The molecule has 2 aromatic rings. The first kappa shape index (κ1) is 11.1. The number of benzene rings is 1. The maximum Gasteiger partial charge on any atom is 0.306 e. The van der Waals surface area contributed by atoms with Crippen molar-refractivity contribution in [1.29, 1.82) is 0 Å². The summed E-state index contributed by atoms with van der Waals surface area (Å²) in [6.45, 7) is 0.520. The molecule has 0 aliphatic carbocycles. The van der Waals surface area contributed by atoms with Crippen molar-refractivity contribution in [3.8, 4) is 0 Å². The quantitative estimate of drug-likeness (QED) is 0.632. The van der Waals surface area contributed by atoms with Crippen molar-refractivity contribution in [2.45, 2.75) is 6.54 Å². The number of rotatable bonds is 4. The third kappa shape index (κ3) is 2.60. The lowest BCUT2D eigenvalue weighted by Crippen LogP contribution is -2.00. The van der Waals surface area contributed by atoms with E-state index in [1.54, 1.807) is 6.20 Å². The number of hydrogen-bond donors (Lipinski definition) is 2. The van der Waals surface area contributed by atoms with Crippen molar-refractivity contribution in [2.75, 3.05) is 5.32 Å². The zero-order valence-corrected chi connectivity index (χ0v) is 8.81. The Hall–Kier alpha value is -2.37. The third-order valence-corrected chi connectivity index (χ3v) is 2.30. The molecule has 5 nitrogen and oxygen atoms in total. The molecule has 0 saturated carbocycles. The first-order chi connectivity index (χ1) is 8.16. The van der Waals surface area contributed by atoms with Gasteiger partial charge in [0.2, 0.25) is 5.82 Å². The number of halogens is 1. The van der Waals surface area contributed by atoms with Crippen molar-refractivity contribution in [2.24, 2.45) is 0 Å². The summed E-state index contributed by atoms with van der Waals surface area (Å²) in [4.78, 5) is 12.7. The fourth-order valence-electron chi connectivity index (χ4n) is 1.44. The minimum atomic E-state index is -0.831. The van der Waals surface area contributed by atoms with Crippen LogP contribution in [-0.4, -0.2) is 9.91 Å². The summed E-state index contributed by atoms with van der Waals surface area (Å²) in [6.07, 6.45) is 3.59. The van der Waals surface area contributed by atoms with Crippen LogP contribution in [0, 0.1) is 15.9 Å². The zero-order chi connectivity index (χ0) is 12.3. The summed E-state index contributed by atoms with van der Waals surface area (Å²) in [5.41, 5.74) is 1.00. The number of H-pyrrole nitrogens is 1. The Morgan fingerprint density at radius 1 is 1.41 bits per heavy atom. The minimum absolute atomic E-state index is 0.513. The molecule has 17 heavy (non-hydrogen) atoms. The number of nitro benzene ring substituents is 1. The molecular formula is C11H10FN3O2. The number of aromatic amines is 1. The Morgan fingerprint density at radius 3 is 2.88 bits per heavy atom. The molecule has 0 fully saturated rings. The summed E-state index contributed by atoms with van der Waals surface area (Å²) < 4.78 is 13.1. The van der Waals surface area contributed by atoms with E-state index in [9.17, 15) is 14.5 Å². The van der Waals surface area contributed by atoms with Gasteiger partial charge in [-0.15, -0.1) is 0 Å². The molecule has 0 atom stereocenters. The highest BCUT2D eigenvalue weighted by molar-refractivity contribution is 5.51. The standard InChI is InChI=1S/C11H10FN3O2/c12-10-2-1-9(5-11(10)15(16)17)14-7-8-3-4-13-6-8/h1-6,13-14H,7H2. The van der Waals surface area contributed by atoms with Crippen molar-refractivity contribution >= 4 is 11.4 Å². The van der Waals surface area contributed by atoms with Gasteiger partial charge in [0.1, 0.15) is 0 Å². The molecule has 0 radical (unpaired) electrons. The van der Waals surface area contributed by atoms with E-state index in [0.29, 0.717) is 12.2 Å². The monoisotopic (exact) mass is 235 g/mol. The van der Waals surface area contributed by atoms with Gasteiger partial charge in [0.15, 0.2) is 0 Å². The second kappa shape index (κ2) is 4.65. The lowest BCUT2D eigenvalue weighted by Gasteiger charge is -2.04. The highest BCUT2D eigenvalue weighted by Crippen LogP contribution is 2.21. The molecule has 6 heteroatoms. The van der Waals surface area contributed by atoms with Crippen LogP contribution >= 0.6 is 0 Å². The highest BCUT2D eigenvalue weighted by Gasteiger charge is 2.13. The highest BCUT2D eigenvalue weighted by atomic mass is 19.1. The summed E-state index contributed by atoms with van der Waals surface area (Å²) in [5, 5.41) is 13.5. The second-order valence-corrected chi connectivity index (χ2v) is 3.50. The fourth-order valence-corrected chi connectivity index (χ4v) is 1.44. The lowest BCUT2D eigenvalue weighted by molar-refractivity contribution is -0.387. The van der Waals surface area contributed by atoms with Gasteiger partial charge in [-0.1, -0.05) is 0 Å². The molecule has 1 heterocycles. The molecule has 2 rings (SSSR count). The Morgan fingerprint density at radius 2 is 2.24 bits per heavy atom. The summed E-state index contributed by atoms with van der Waals surface area (Å²) in [6, 6.07) is 5.61. The van der Waals surface area contributed by atoms with E-state index in [1.165, 1.54) is 12.1 Å². The molecule has 88 valence electrons. The van der Waals surface area contributed by atoms with Gasteiger partial charge in [0.25, 0.3) is 0 Å². The second-order valence-electron chi connectivity index (χ2n) is 3.50. The lowest BCUT2D eigenvalue weighted by atomic mass is 10.2. The van der Waals surface area contributed by atoms with Crippen LogP contribution in [0.5, 0.6) is 0 Å². The predicted molar refractivity (Wildman–Crippen MR) is 61.2 cm³/mol. The molecule has 0 spiro atoms. The van der Waals surface area contributed by atoms with Gasteiger partial charge >= 0.3 is 5.69 Å². The van der Waals surface area contributed by atoms with E-state index in [1.807, 2.05) is 12.3 Å². The third-order valence-electron chi connectivity index (χ3n) is 2.30. The normalized spacial score (nSPS) is 10.2. The van der Waals surface area contributed by atoms with Crippen LogP contribution in [0.15, 0.2) is 36.7 Å². The number of anilines is 1. The molecule has 0 amide bonds. The molecule has 2 N–H and O–H groups in total. The number of nitrogens with one attached hydrogen (secondary N) is 2. The van der Waals surface area contributed by atoms with Crippen LogP contribution in [0.2, 0.25) is 0 Å². The van der Waals surface area contributed by atoms with Crippen molar-refractivity contribution in [3.05, 3.63) is 58.2 Å². The molecule has 1 aromatic carbocycles. The Bertz CT molecular complexity index is 526. The van der Waals surface area contributed by atoms with Gasteiger partial charge in [-0.05, 0) is 23.8 Å². The van der Waals surface area contributed by atoms with Crippen LogP contribution in [0.1, 0.15) is 5.56 Å². The Kier molecular flexibility index (Phi) is 3.04. The van der Waals surface area contributed by atoms with Crippen LogP contribution < -0.4 is 5.32 Å². The van der Waals surface area contributed by atoms with E-state index in [-0.39, 0.29) is 0 Å². The minimum Gasteiger partial charge on any atom is -0.381 e. The number of nitrogens with zero attached hydrogens (tertiary/aromatic N) is 1. The van der Waals surface area contributed by atoms with E-state index in [0.717, 1.165) is 11.6 Å². The van der Waals surface area contributed by atoms with Gasteiger partial charge in [-0.25, -0.2) is 0 Å². The molecule has 0 unspecified atom stereocenters.